The molecule has 2 aromatic heterocycles. The first-order valence-electron chi connectivity index (χ1n) is 5.83. The van der Waals surface area contributed by atoms with Gasteiger partial charge in [0.1, 0.15) is 0 Å². The molecule has 0 fully saturated rings. The van der Waals surface area contributed by atoms with Crippen LogP contribution < -0.4 is 5.32 Å². The van der Waals surface area contributed by atoms with Gasteiger partial charge in [0.25, 0.3) is 0 Å². The van der Waals surface area contributed by atoms with E-state index in [0.717, 1.165) is 30.6 Å². The molecule has 0 aliphatic heterocycles. The molecule has 0 aliphatic rings. The first kappa shape index (κ1) is 11.5. The molecule has 2 aromatic rings. The molecule has 0 saturated carbocycles. The van der Waals surface area contributed by atoms with Crippen molar-refractivity contribution in [2.24, 2.45) is 0 Å². The summed E-state index contributed by atoms with van der Waals surface area (Å²) in [5.74, 6) is 0.702. The summed E-state index contributed by atoms with van der Waals surface area (Å²) in [6, 6.07) is 5.92. The van der Waals surface area contributed by atoms with Gasteiger partial charge in [-0.2, -0.15) is 0 Å². The standard InChI is InChI=1S/C13H16N4/c1-2-6-15-13-16-8-5-12(17-13)9-11-4-3-7-14-10-11/h3-5,7-8,10H,2,6,9H2,1H3,(H,15,16,17). The minimum Gasteiger partial charge on any atom is -0.354 e. The van der Waals surface area contributed by atoms with Crippen LogP contribution in [0.5, 0.6) is 0 Å². The van der Waals surface area contributed by atoms with E-state index in [-0.39, 0.29) is 0 Å². The number of anilines is 1. The molecule has 88 valence electrons. The van der Waals surface area contributed by atoms with Gasteiger partial charge >= 0.3 is 0 Å². The maximum absolute atomic E-state index is 4.46. The van der Waals surface area contributed by atoms with Gasteiger partial charge in [0, 0.05) is 31.6 Å². The fourth-order valence-corrected chi connectivity index (χ4v) is 1.53. The van der Waals surface area contributed by atoms with E-state index in [9.17, 15) is 0 Å². The zero-order valence-electron chi connectivity index (χ0n) is 9.93. The van der Waals surface area contributed by atoms with Crippen LogP contribution in [0.1, 0.15) is 24.6 Å². The average molecular weight is 228 g/mol. The zero-order chi connectivity index (χ0) is 11.9. The second-order valence-electron chi connectivity index (χ2n) is 3.84. The number of pyridine rings is 1. The average Bonchev–Trinajstić information content (AvgIpc) is 2.38. The lowest BCUT2D eigenvalue weighted by atomic mass is 10.1. The van der Waals surface area contributed by atoms with Crippen molar-refractivity contribution in [2.75, 3.05) is 11.9 Å². The van der Waals surface area contributed by atoms with Crippen LogP contribution in [0, 0.1) is 0 Å². The van der Waals surface area contributed by atoms with Crippen LogP contribution in [-0.4, -0.2) is 21.5 Å². The van der Waals surface area contributed by atoms with Crippen LogP contribution in [0.3, 0.4) is 0 Å². The lowest BCUT2D eigenvalue weighted by molar-refractivity contribution is 0.936. The molecule has 0 aliphatic carbocycles. The predicted octanol–water partition coefficient (Wildman–Crippen LogP) is 2.28. The Morgan fingerprint density at radius 2 is 2.18 bits per heavy atom. The summed E-state index contributed by atoms with van der Waals surface area (Å²) in [5.41, 5.74) is 2.17. The van der Waals surface area contributed by atoms with Gasteiger partial charge in [0.2, 0.25) is 5.95 Å². The molecule has 0 bridgehead atoms. The third-order valence-electron chi connectivity index (χ3n) is 2.35. The molecule has 1 N–H and O–H groups in total. The Kier molecular flexibility index (Phi) is 4.02. The van der Waals surface area contributed by atoms with Gasteiger partial charge in [-0.15, -0.1) is 0 Å². The highest BCUT2D eigenvalue weighted by atomic mass is 15.1. The summed E-state index contributed by atoms with van der Waals surface area (Å²) in [6.07, 6.45) is 7.28. The lowest BCUT2D eigenvalue weighted by Crippen LogP contribution is -2.05. The Morgan fingerprint density at radius 3 is 2.94 bits per heavy atom. The van der Waals surface area contributed by atoms with Crippen LogP contribution in [0.2, 0.25) is 0 Å². The highest BCUT2D eigenvalue weighted by Gasteiger charge is 2.00. The van der Waals surface area contributed by atoms with Gasteiger partial charge in [0.15, 0.2) is 0 Å². The molecule has 4 heteroatoms. The van der Waals surface area contributed by atoms with E-state index in [2.05, 4.69) is 27.2 Å². The molecule has 2 heterocycles. The van der Waals surface area contributed by atoms with E-state index < -0.39 is 0 Å². The van der Waals surface area contributed by atoms with E-state index >= 15 is 0 Å². The summed E-state index contributed by atoms with van der Waals surface area (Å²) < 4.78 is 0. The number of aromatic nitrogens is 3. The summed E-state index contributed by atoms with van der Waals surface area (Å²) in [5, 5.41) is 3.18. The van der Waals surface area contributed by atoms with Crippen molar-refractivity contribution in [3.63, 3.8) is 0 Å². The molecule has 17 heavy (non-hydrogen) atoms. The maximum Gasteiger partial charge on any atom is 0.222 e. The van der Waals surface area contributed by atoms with E-state index in [1.165, 1.54) is 0 Å². The van der Waals surface area contributed by atoms with Crippen LogP contribution in [-0.2, 0) is 6.42 Å². The maximum atomic E-state index is 4.46. The minimum atomic E-state index is 0.702. The molecular formula is C13H16N4. The largest absolute Gasteiger partial charge is 0.354 e. The molecule has 0 aromatic carbocycles. The van der Waals surface area contributed by atoms with E-state index in [1.54, 1.807) is 12.4 Å². The first-order chi connectivity index (χ1) is 8.38. The molecule has 0 saturated heterocycles. The van der Waals surface area contributed by atoms with E-state index in [0.29, 0.717) is 5.95 Å². The Balaban J connectivity index is 2.06. The minimum absolute atomic E-state index is 0.702. The monoisotopic (exact) mass is 228 g/mol. The fraction of sp³-hybridized carbons (Fsp3) is 0.308. The van der Waals surface area contributed by atoms with Crippen LogP contribution in [0.25, 0.3) is 0 Å². The number of hydrogen-bond donors (Lipinski definition) is 1. The molecular weight excluding hydrogens is 212 g/mol. The molecule has 0 atom stereocenters. The Hall–Kier alpha value is -1.97. The zero-order valence-corrected chi connectivity index (χ0v) is 9.93. The van der Waals surface area contributed by atoms with Gasteiger partial charge < -0.3 is 5.32 Å². The molecule has 0 amide bonds. The van der Waals surface area contributed by atoms with Crippen molar-refractivity contribution in [3.8, 4) is 0 Å². The second kappa shape index (κ2) is 5.94. The highest BCUT2D eigenvalue weighted by molar-refractivity contribution is 5.27. The first-order valence-corrected chi connectivity index (χ1v) is 5.83. The SMILES string of the molecule is CCCNc1nccc(Cc2cccnc2)n1. The summed E-state index contributed by atoms with van der Waals surface area (Å²) in [7, 11) is 0. The Bertz CT molecular complexity index is 456. The van der Waals surface area contributed by atoms with E-state index in [4.69, 9.17) is 0 Å². The summed E-state index contributed by atoms with van der Waals surface area (Å²) >= 11 is 0. The third-order valence-corrected chi connectivity index (χ3v) is 2.35. The van der Waals surface area contributed by atoms with E-state index in [1.807, 2.05) is 24.4 Å². The number of nitrogens with zero attached hydrogens (tertiary/aromatic N) is 3. The number of rotatable bonds is 5. The fourth-order valence-electron chi connectivity index (χ4n) is 1.53. The Labute approximate surface area is 101 Å². The van der Waals surface area contributed by atoms with Crippen molar-refractivity contribution >= 4 is 5.95 Å². The smallest absolute Gasteiger partial charge is 0.222 e. The van der Waals surface area contributed by atoms with Crippen LogP contribution in [0.4, 0.5) is 5.95 Å². The number of nitrogens with one attached hydrogen (secondary N) is 1. The van der Waals surface area contributed by atoms with Gasteiger partial charge in [-0.05, 0) is 24.1 Å². The summed E-state index contributed by atoms with van der Waals surface area (Å²) in [4.78, 5) is 12.7. The predicted molar refractivity (Wildman–Crippen MR) is 67.9 cm³/mol. The van der Waals surface area contributed by atoms with Crippen molar-refractivity contribution < 1.29 is 0 Å². The van der Waals surface area contributed by atoms with Crippen LogP contribution in [0.15, 0.2) is 36.8 Å². The van der Waals surface area contributed by atoms with Crippen molar-refractivity contribution in [3.05, 3.63) is 48.0 Å². The molecule has 0 unspecified atom stereocenters. The second-order valence-corrected chi connectivity index (χ2v) is 3.84. The molecule has 4 nitrogen and oxygen atoms in total. The van der Waals surface area contributed by atoms with Crippen molar-refractivity contribution in [1.29, 1.82) is 0 Å². The number of hydrogen-bond acceptors (Lipinski definition) is 4. The summed E-state index contributed by atoms with van der Waals surface area (Å²) in [6.45, 7) is 3.02. The third kappa shape index (κ3) is 3.52. The highest BCUT2D eigenvalue weighted by Crippen LogP contribution is 2.07. The Morgan fingerprint density at radius 1 is 1.24 bits per heavy atom. The van der Waals surface area contributed by atoms with Gasteiger partial charge in [-0.1, -0.05) is 13.0 Å². The molecule has 0 spiro atoms. The lowest BCUT2D eigenvalue weighted by Gasteiger charge is -2.05. The van der Waals surface area contributed by atoms with Crippen LogP contribution >= 0.6 is 0 Å². The van der Waals surface area contributed by atoms with Crippen molar-refractivity contribution in [1.82, 2.24) is 15.0 Å². The quantitative estimate of drug-likeness (QED) is 0.853. The normalized spacial score (nSPS) is 10.2. The van der Waals surface area contributed by atoms with Crippen molar-refractivity contribution in [2.45, 2.75) is 19.8 Å². The van der Waals surface area contributed by atoms with Gasteiger partial charge in [-0.3, -0.25) is 4.98 Å². The van der Waals surface area contributed by atoms with Gasteiger partial charge in [-0.25, -0.2) is 9.97 Å². The topological polar surface area (TPSA) is 50.7 Å². The molecule has 2 rings (SSSR count). The molecule has 0 radical (unpaired) electrons. The van der Waals surface area contributed by atoms with Gasteiger partial charge in [0.05, 0.1) is 5.69 Å².